The predicted molar refractivity (Wildman–Crippen MR) is 101 cm³/mol. The summed E-state index contributed by atoms with van der Waals surface area (Å²) in [7, 11) is 0. The molecule has 1 heterocycles. The van der Waals surface area contributed by atoms with Crippen LogP contribution in [-0.2, 0) is 11.2 Å². The van der Waals surface area contributed by atoms with Gasteiger partial charge in [0.15, 0.2) is 0 Å². The molecule has 1 aliphatic heterocycles. The van der Waals surface area contributed by atoms with E-state index in [1.54, 1.807) is 25.1 Å². The Labute approximate surface area is 156 Å². The van der Waals surface area contributed by atoms with Crippen molar-refractivity contribution in [2.24, 2.45) is 0 Å². The van der Waals surface area contributed by atoms with Gasteiger partial charge >= 0.3 is 6.03 Å². The summed E-state index contributed by atoms with van der Waals surface area (Å²) in [6, 6.07) is 10.3. The number of aryl methyl sites for hydroxylation is 2. The van der Waals surface area contributed by atoms with Crippen LogP contribution in [0.25, 0.3) is 0 Å². The third-order valence-corrected chi connectivity index (χ3v) is 4.64. The minimum Gasteiger partial charge on any atom is -0.323 e. The molecule has 1 atom stereocenters. The summed E-state index contributed by atoms with van der Waals surface area (Å²) < 4.78 is 0. The highest BCUT2D eigenvalue weighted by Crippen LogP contribution is 2.31. The van der Waals surface area contributed by atoms with E-state index in [4.69, 9.17) is 23.2 Å². The molecule has 3 rings (SSSR count). The SMILES string of the molecule is Cc1cc(C)cc(CC2(C)NC(=O)N(c3cc(Cl)cc(Cl)c3)C2=O)c1. The average molecular weight is 377 g/mol. The Morgan fingerprint density at radius 2 is 1.52 bits per heavy atom. The van der Waals surface area contributed by atoms with Crippen molar-refractivity contribution in [1.82, 2.24) is 5.32 Å². The average Bonchev–Trinajstić information content (AvgIpc) is 2.65. The van der Waals surface area contributed by atoms with E-state index in [9.17, 15) is 9.59 Å². The van der Waals surface area contributed by atoms with Gasteiger partial charge in [0, 0.05) is 16.5 Å². The summed E-state index contributed by atoms with van der Waals surface area (Å²) in [4.78, 5) is 26.5. The summed E-state index contributed by atoms with van der Waals surface area (Å²) in [6.45, 7) is 5.75. The van der Waals surface area contributed by atoms with E-state index < -0.39 is 11.6 Å². The number of rotatable bonds is 3. The van der Waals surface area contributed by atoms with Crippen molar-refractivity contribution in [2.45, 2.75) is 32.7 Å². The van der Waals surface area contributed by atoms with Crippen LogP contribution >= 0.6 is 23.2 Å². The quantitative estimate of drug-likeness (QED) is 0.791. The van der Waals surface area contributed by atoms with Gasteiger partial charge in [-0.3, -0.25) is 4.79 Å². The molecule has 3 amide bonds. The molecule has 25 heavy (non-hydrogen) atoms. The van der Waals surface area contributed by atoms with E-state index in [0.29, 0.717) is 22.2 Å². The number of amides is 3. The summed E-state index contributed by atoms with van der Waals surface area (Å²) in [6.07, 6.45) is 0.408. The van der Waals surface area contributed by atoms with Crippen LogP contribution in [0.15, 0.2) is 36.4 Å². The number of nitrogens with one attached hydrogen (secondary N) is 1. The predicted octanol–water partition coefficient (Wildman–Crippen LogP) is 4.67. The molecule has 1 saturated heterocycles. The maximum Gasteiger partial charge on any atom is 0.329 e. The molecule has 0 saturated carbocycles. The van der Waals surface area contributed by atoms with Crippen molar-refractivity contribution < 1.29 is 9.59 Å². The molecule has 2 aromatic rings. The zero-order valence-corrected chi connectivity index (χ0v) is 15.7. The zero-order valence-electron chi connectivity index (χ0n) is 14.2. The minimum absolute atomic E-state index is 0.324. The third kappa shape index (κ3) is 3.51. The number of carbonyl (C=O) groups excluding carboxylic acids is 2. The molecule has 2 aromatic carbocycles. The second-order valence-electron chi connectivity index (χ2n) is 6.70. The first-order valence-electron chi connectivity index (χ1n) is 7.88. The lowest BCUT2D eigenvalue weighted by Gasteiger charge is -2.22. The Morgan fingerprint density at radius 1 is 0.960 bits per heavy atom. The van der Waals surface area contributed by atoms with Gasteiger partial charge in [0.05, 0.1) is 5.69 Å². The van der Waals surface area contributed by atoms with Gasteiger partial charge in [-0.25, -0.2) is 9.69 Å². The van der Waals surface area contributed by atoms with Crippen LogP contribution in [0.4, 0.5) is 10.5 Å². The van der Waals surface area contributed by atoms with Gasteiger partial charge in [0.25, 0.3) is 5.91 Å². The number of anilines is 1. The monoisotopic (exact) mass is 376 g/mol. The van der Waals surface area contributed by atoms with Crippen LogP contribution in [-0.4, -0.2) is 17.5 Å². The van der Waals surface area contributed by atoms with Crippen LogP contribution in [0.2, 0.25) is 10.0 Å². The highest BCUT2D eigenvalue weighted by Gasteiger charge is 2.48. The second-order valence-corrected chi connectivity index (χ2v) is 7.58. The first-order valence-corrected chi connectivity index (χ1v) is 8.63. The second kappa shape index (κ2) is 6.36. The smallest absolute Gasteiger partial charge is 0.323 e. The molecule has 0 bridgehead atoms. The topological polar surface area (TPSA) is 49.4 Å². The zero-order chi connectivity index (χ0) is 18.4. The number of imide groups is 1. The van der Waals surface area contributed by atoms with Gasteiger partial charge in [-0.05, 0) is 44.5 Å². The maximum atomic E-state index is 13.0. The number of carbonyl (C=O) groups is 2. The fourth-order valence-electron chi connectivity index (χ4n) is 3.29. The molecule has 1 aliphatic rings. The van der Waals surface area contributed by atoms with E-state index in [0.717, 1.165) is 21.6 Å². The number of hydrogen-bond acceptors (Lipinski definition) is 2. The number of urea groups is 1. The normalized spacial score (nSPS) is 20.1. The lowest BCUT2D eigenvalue weighted by atomic mass is 9.91. The largest absolute Gasteiger partial charge is 0.329 e. The van der Waals surface area contributed by atoms with E-state index in [-0.39, 0.29) is 5.91 Å². The van der Waals surface area contributed by atoms with Crippen molar-refractivity contribution in [2.75, 3.05) is 4.90 Å². The lowest BCUT2D eigenvalue weighted by Crippen LogP contribution is -2.46. The molecule has 1 fully saturated rings. The van der Waals surface area contributed by atoms with Crippen LogP contribution < -0.4 is 10.2 Å². The van der Waals surface area contributed by atoms with E-state index in [2.05, 4.69) is 11.4 Å². The molecular formula is C19H18Cl2N2O2. The highest BCUT2D eigenvalue weighted by atomic mass is 35.5. The van der Waals surface area contributed by atoms with Crippen molar-refractivity contribution >= 4 is 40.8 Å². The van der Waals surface area contributed by atoms with Gasteiger partial charge in [0.2, 0.25) is 0 Å². The van der Waals surface area contributed by atoms with Crippen LogP contribution in [0.5, 0.6) is 0 Å². The van der Waals surface area contributed by atoms with Gasteiger partial charge in [-0.1, -0.05) is 52.5 Å². The standard InChI is InChI=1S/C19H18Cl2N2O2/c1-11-4-12(2)6-13(5-11)10-19(3)17(24)23(18(25)22-19)16-8-14(20)7-15(21)9-16/h4-9H,10H2,1-3H3,(H,22,25). The molecule has 6 heteroatoms. The maximum absolute atomic E-state index is 13.0. The molecule has 1 N–H and O–H groups in total. The number of hydrogen-bond donors (Lipinski definition) is 1. The Kier molecular flexibility index (Phi) is 4.52. The van der Waals surface area contributed by atoms with Gasteiger partial charge in [-0.15, -0.1) is 0 Å². The number of nitrogens with zero attached hydrogens (tertiary/aromatic N) is 1. The summed E-state index contributed by atoms with van der Waals surface area (Å²) in [5, 5.41) is 3.54. The molecule has 4 nitrogen and oxygen atoms in total. The Morgan fingerprint density at radius 3 is 2.08 bits per heavy atom. The van der Waals surface area contributed by atoms with E-state index in [1.807, 2.05) is 26.0 Å². The molecule has 0 aromatic heterocycles. The fourth-order valence-corrected chi connectivity index (χ4v) is 3.80. The summed E-state index contributed by atoms with van der Waals surface area (Å²) in [5.41, 5.74) is 2.58. The summed E-state index contributed by atoms with van der Waals surface area (Å²) >= 11 is 12.0. The van der Waals surface area contributed by atoms with E-state index >= 15 is 0 Å². The van der Waals surface area contributed by atoms with Crippen LogP contribution in [0.1, 0.15) is 23.6 Å². The molecule has 1 unspecified atom stereocenters. The van der Waals surface area contributed by atoms with Crippen LogP contribution in [0.3, 0.4) is 0 Å². The molecule has 0 spiro atoms. The lowest BCUT2D eigenvalue weighted by molar-refractivity contribution is -0.121. The first kappa shape index (κ1) is 17.8. The minimum atomic E-state index is -1.02. The van der Waals surface area contributed by atoms with Crippen molar-refractivity contribution in [3.63, 3.8) is 0 Å². The molecular weight excluding hydrogens is 359 g/mol. The number of halogens is 2. The van der Waals surface area contributed by atoms with Crippen LogP contribution in [0, 0.1) is 13.8 Å². The molecule has 0 radical (unpaired) electrons. The number of benzene rings is 2. The van der Waals surface area contributed by atoms with Gasteiger partial charge in [-0.2, -0.15) is 0 Å². The molecule has 130 valence electrons. The van der Waals surface area contributed by atoms with Crippen molar-refractivity contribution in [3.8, 4) is 0 Å². The van der Waals surface area contributed by atoms with Gasteiger partial charge in [0.1, 0.15) is 5.54 Å². The highest BCUT2D eigenvalue weighted by molar-refractivity contribution is 6.35. The fraction of sp³-hybridized carbons (Fsp3) is 0.263. The molecule has 0 aliphatic carbocycles. The van der Waals surface area contributed by atoms with Gasteiger partial charge < -0.3 is 5.32 Å². The Hall–Kier alpha value is -2.04. The van der Waals surface area contributed by atoms with E-state index in [1.165, 1.54) is 0 Å². The first-order chi connectivity index (χ1) is 11.7. The Balaban J connectivity index is 1.94. The van der Waals surface area contributed by atoms with Crippen molar-refractivity contribution in [1.29, 1.82) is 0 Å². The summed E-state index contributed by atoms with van der Waals surface area (Å²) in [5.74, 6) is -0.324. The van der Waals surface area contributed by atoms with Crippen molar-refractivity contribution in [3.05, 3.63) is 63.1 Å². The third-order valence-electron chi connectivity index (χ3n) is 4.21. The Bertz CT molecular complexity index is 841.